The SMILES string of the molecule is CCCCC(=NCC(=O)OC)OC. The van der Waals surface area contributed by atoms with Crippen LogP contribution in [0.4, 0.5) is 0 Å². The minimum absolute atomic E-state index is 0.0450. The second-order valence-electron chi connectivity index (χ2n) is 2.59. The molecule has 0 amide bonds. The van der Waals surface area contributed by atoms with Gasteiger partial charge in [-0.1, -0.05) is 13.3 Å². The van der Waals surface area contributed by atoms with Crippen LogP contribution in [0, 0.1) is 0 Å². The molecule has 0 saturated heterocycles. The minimum Gasteiger partial charge on any atom is -0.484 e. The highest BCUT2D eigenvalue weighted by molar-refractivity contribution is 5.80. The van der Waals surface area contributed by atoms with E-state index >= 15 is 0 Å². The fraction of sp³-hybridized carbons (Fsp3) is 0.778. The number of nitrogens with zero attached hydrogens (tertiary/aromatic N) is 1. The average Bonchev–Trinajstić information content (AvgIpc) is 2.17. The van der Waals surface area contributed by atoms with Crippen LogP contribution in [-0.4, -0.2) is 32.6 Å². The van der Waals surface area contributed by atoms with Gasteiger partial charge in [-0.25, -0.2) is 4.99 Å². The molecule has 0 rings (SSSR count). The maximum Gasteiger partial charge on any atom is 0.327 e. The van der Waals surface area contributed by atoms with Gasteiger partial charge in [0.05, 0.1) is 14.2 Å². The third-order valence-corrected chi connectivity index (χ3v) is 1.59. The summed E-state index contributed by atoms with van der Waals surface area (Å²) in [6.07, 6.45) is 2.89. The van der Waals surface area contributed by atoms with Gasteiger partial charge >= 0.3 is 5.97 Å². The molecular weight excluding hydrogens is 170 g/mol. The van der Waals surface area contributed by atoms with E-state index in [2.05, 4.69) is 16.7 Å². The van der Waals surface area contributed by atoms with Gasteiger partial charge < -0.3 is 9.47 Å². The van der Waals surface area contributed by atoms with Crippen LogP contribution in [0.5, 0.6) is 0 Å². The number of carbonyl (C=O) groups excluding carboxylic acids is 1. The zero-order valence-electron chi connectivity index (χ0n) is 8.50. The number of unbranched alkanes of at least 4 members (excludes halogenated alkanes) is 1. The zero-order chi connectivity index (χ0) is 10.1. The van der Waals surface area contributed by atoms with Crippen molar-refractivity contribution in [1.29, 1.82) is 0 Å². The molecule has 0 aromatic heterocycles. The van der Waals surface area contributed by atoms with Gasteiger partial charge in [0.1, 0.15) is 6.54 Å². The number of carbonyl (C=O) groups is 1. The first-order valence-corrected chi connectivity index (χ1v) is 4.38. The summed E-state index contributed by atoms with van der Waals surface area (Å²) in [4.78, 5) is 14.7. The highest BCUT2D eigenvalue weighted by atomic mass is 16.5. The lowest BCUT2D eigenvalue weighted by Crippen LogP contribution is -2.09. The maximum absolute atomic E-state index is 10.7. The second-order valence-corrected chi connectivity index (χ2v) is 2.59. The highest BCUT2D eigenvalue weighted by Crippen LogP contribution is 1.98. The molecule has 4 heteroatoms. The Morgan fingerprint density at radius 3 is 2.46 bits per heavy atom. The number of hydrogen-bond acceptors (Lipinski definition) is 4. The molecule has 0 saturated carbocycles. The predicted octanol–water partition coefficient (Wildman–Crippen LogP) is 1.39. The Balaban J connectivity index is 3.84. The number of methoxy groups -OCH3 is 2. The van der Waals surface area contributed by atoms with Gasteiger partial charge in [-0.05, 0) is 6.42 Å². The van der Waals surface area contributed by atoms with Crippen molar-refractivity contribution >= 4 is 11.9 Å². The van der Waals surface area contributed by atoms with Crippen molar-refractivity contribution < 1.29 is 14.3 Å². The molecule has 0 N–H and O–H groups in total. The molecule has 0 atom stereocenters. The van der Waals surface area contributed by atoms with Crippen molar-refractivity contribution in [1.82, 2.24) is 0 Å². The molecule has 0 aromatic rings. The quantitative estimate of drug-likeness (QED) is 0.371. The van der Waals surface area contributed by atoms with E-state index in [1.54, 1.807) is 7.11 Å². The molecule has 0 heterocycles. The van der Waals surface area contributed by atoms with E-state index in [0.717, 1.165) is 19.3 Å². The third kappa shape index (κ3) is 6.13. The van der Waals surface area contributed by atoms with Crippen molar-refractivity contribution in [3.63, 3.8) is 0 Å². The molecule has 0 aromatic carbocycles. The largest absolute Gasteiger partial charge is 0.484 e. The predicted molar refractivity (Wildman–Crippen MR) is 50.9 cm³/mol. The van der Waals surface area contributed by atoms with Gasteiger partial charge in [-0.3, -0.25) is 4.79 Å². The Morgan fingerprint density at radius 2 is 2.00 bits per heavy atom. The van der Waals surface area contributed by atoms with E-state index < -0.39 is 0 Å². The molecule has 0 bridgehead atoms. The monoisotopic (exact) mass is 187 g/mol. The Labute approximate surface area is 78.9 Å². The Kier molecular flexibility index (Phi) is 6.96. The van der Waals surface area contributed by atoms with E-state index in [1.807, 2.05) is 0 Å². The lowest BCUT2D eigenvalue weighted by atomic mass is 10.2. The lowest BCUT2D eigenvalue weighted by Gasteiger charge is -2.03. The van der Waals surface area contributed by atoms with Gasteiger partial charge in [-0.15, -0.1) is 0 Å². The van der Waals surface area contributed by atoms with E-state index in [0.29, 0.717) is 5.90 Å². The second kappa shape index (κ2) is 7.58. The summed E-state index contributed by atoms with van der Waals surface area (Å²) in [5.41, 5.74) is 0. The molecule has 0 radical (unpaired) electrons. The summed E-state index contributed by atoms with van der Waals surface area (Å²) in [6, 6.07) is 0. The number of rotatable bonds is 5. The molecule has 0 aliphatic heterocycles. The Morgan fingerprint density at radius 1 is 1.31 bits per heavy atom. The molecule has 76 valence electrons. The number of esters is 1. The number of aliphatic imine (C=N–C) groups is 1. The van der Waals surface area contributed by atoms with Crippen LogP contribution in [0.15, 0.2) is 4.99 Å². The van der Waals surface area contributed by atoms with Crippen LogP contribution < -0.4 is 0 Å². The van der Waals surface area contributed by atoms with Crippen molar-refractivity contribution in [2.45, 2.75) is 26.2 Å². The van der Waals surface area contributed by atoms with Gasteiger partial charge in [0.2, 0.25) is 0 Å². The minimum atomic E-state index is -0.342. The molecule has 0 unspecified atom stereocenters. The lowest BCUT2D eigenvalue weighted by molar-refractivity contribution is -0.138. The molecule has 0 aliphatic carbocycles. The van der Waals surface area contributed by atoms with Crippen LogP contribution in [-0.2, 0) is 14.3 Å². The molecule has 0 fully saturated rings. The number of hydrogen-bond donors (Lipinski definition) is 0. The highest BCUT2D eigenvalue weighted by Gasteiger charge is 2.01. The summed E-state index contributed by atoms with van der Waals surface area (Å²) >= 11 is 0. The topological polar surface area (TPSA) is 47.9 Å². The summed E-state index contributed by atoms with van der Waals surface area (Å²) < 4.78 is 9.44. The van der Waals surface area contributed by atoms with E-state index in [4.69, 9.17) is 4.74 Å². The number of ether oxygens (including phenoxy) is 2. The normalized spacial score (nSPS) is 11.2. The molecule has 0 spiro atoms. The summed E-state index contributed by atoms with van der Waals surface area (Å²) in [5, 5.41) is 0. The molecular formula is C9H17NO3. The fourth-order valence-electron chi connectivity index (χ4n) is 0.791. The average molecular weight is 187 g/mol. The van der Waals surface area contributed by atoms with E-state index in [1.165, 1.54) is 7.11 Å². The summed E-state index contributed by atoms with van der Waals surface area (Å²) in [5.74, 6) is 0.276. The van der Waals surface area contributed by atoms with Gasteiger partial charge in [0, 0.05) is 6.42 Å². The zero-order valence-corrected chi connectivity index (χ0v) is 8.50. The first kappa shape index (κ1) is 11.9. The van der Waals surface area contributed by atoms with Crippen LogP contribution in [0.2, 0.25) is 0 Å². The Hall–Kier alpha value is -1.06. The molecule has 0 aliphatic rings. The smallest absolute Gasteiger partial charge is 0.327 e. The van der Waals surface area contributed by atoms with Gasteiger partial charge in [0.25, 0.3) is 0 Å². The van der Waals surface area contributed by atoms with Crippen LogP contribution in [0.1, 0.15) is 26.2 Å². The van der Waals surface area contributed by atoms with Crippen molar-refractivity contribution in [2.24, 2.45) is 4.99 Å². The van der Waals surface area contributed by atoms with Crippen molar-refractivity contribution in [3.05, 3.63) is 0 Å². The first-order valence-electron chi connectivity index (χ1n) is 4.38. The Bertz CT molecular complexity index is 178. The standard InChI is InChI=1S/C9H17NO3/c1-4-5-6-8(12-2)10-7-9(11)13-3/h4-7H2,1-3H3. The summed E-state index contributed by atoms with van der Waals surface area (Å²) in [7, 11) is 2.90. The summed E-state index contributed by atoms with van der Waals surface area (Å²) in [6.45, 7) is 2.14. The van der Waals surface area contributed by atoms with Crippen LogP contribution in [0.25, 0.3) is 0 Å². The van der Waals surface area contributed by atoms with Gasteiger partial charge in [0.15, 0.2) is 5.90 Å². The maximum atomic E-state index is 10.7. The van der Waals surface area contributed by atoms with E-state index in [9.17, 15) is 4.79 Å². The van der Waals surface area contributed by atoms with Crippen LogP contribution in [0.3, 0.4) is 0 Å². The van der Waals surface area contributed by atoms with Gasteiger partial charge in [-0.2, -0.15) is 0 Å². The van der Waals surface area contributed by atoms with Crippen LogP contribution >= 0.6 is 0 Å². The van der Waals surface area contributed by atoms with Crippen molar-refractivity contribution in [3.8, 4) is 0 Å². The van der Waals surface area contributed by atoms with Crippen molar-refractivity contribution in [2.75, 3.05) is 20.8 Å². The first-order chi connectivity index (χ1) is 6.24. The van der Waals surface area contributed by atoms with E-state index in [-0.39, 0.29) is 12.5 Å². The molecule has 4 nitrogen and oxygen atoms in total. The third-order valence-electron chi connectivity index (χ3n) is 1.59. The molecule has 13 heavy (non-hydrogen) atoms. The fourth-order valence-corrected chi connectivity index (χ4v) is 0.791.